The monoisotopic (exact) mass is 324 g/mol. The molecular weight excluding hydrogens is 304 g/mol. The molecule has 1 amide bonds. The Morgan fingerprint density at radius 3 is 2.83 bits per heavy atom. The number of ether oxygens (including phenoxy) is 1. The molecule has 0 bridgehead atoms. The van der Waals surface area contributed by atoms with Crippen LogP contribution in [0.2, 0.25) is 0 Å². The topological polar surface area (TPSA) is 74.0 Å². The highest BCUT2D eigenvalue weighted by atomic mass is 16.5. The first kappa shape index (κ1) is 14.8. The van der Waals surface area contributed by atoms with Gasteiger partial charge in [0.2, 0.25) is 0 Å². The van der Waals surface area contributed by atoms with Crippen molar-refractivity contribution in [1.29, 1.82) is 0 Å². The Morgan fingerprint density at radius 2 is 2.12 bits per heavy atom. The average Bonchev–Trinajstić information content (AvgIpc) is 3.30. The number of aromatic nitrogens is 3. The zero-order valence-electron chi connectivity index (χ0n) is 13.6. The lowest BCUT2D eigenvalue weighted by atomic mass is 9.89. The molecule has 3 heterocycles. The van der Waals surface area contributed by atoms with Gasteiger partial charge in [-0.25, -0.2) is 4.98 Å². The molecule has 1 fully saturated rings. The number of nitrogens with zero attached hydrogens (tertiary/aromatic N) is 2. The van der Waals surface area contributed by atoms with Crippen molar-refractivity contribution < 1.29 is 9.53 Å². The molecule has 4 rings (SSSR count). The van der Waals surface area contributed by atoms with E-state index in [9.17, 15) is 4.79 Å². The Balaban J connectivity index is 1.51. The van der Waals surface area contributed by atoms with Gasteiger partial charge in [-0.15, -0.1) is 0 Å². The summed E-state index contributed by atoms with van der Waals surface area (Å²) in [6.07, 6.45) is 7.15. The first-order valence-corrected chi connectivity index (χ1v) is 8.19. The molecule has 124 valence electrons. The number of nitrogens with one attached hydrogen (secondary N) is 2. The van der Waals surface area contributed by atoms with E-state index in [-0.39, 0.29) is 5.91 Å². The lowest BCUT2D eigenvalue weighted by Crippen LogP contribution is -2.38. The van der Waals surface area contributed by atoms with Crippen LogP contribution < -0.4 is 4.74 Å². The van der Waals surface area contributed by atoms with Crippen LogP contribution >= 0.6 is 0 Å². The summed E-state index contributed by atoms with van der Waals surface area (Å²) in [5.74, 6) is 1.36. The molecule has 6 heteroatoms. The van der Waals surface area contributed by atoms with Crippen LogP contribution in [0.1, 0.15) is 34.8 Å². The second-order valence-corrected chi connectivity index (χ2v) is 6.19. The molecule has 2 aromatic heterocycles. The highest BCUT2D eigenvalue weighted by Crippen LogP contribution is 2.34. The van der Waals surface area contributed by atoms with Gasteiger partial charge >= 0.3 is 0 Å². The molecule has 24 heavy (non-hydrogen) atoms. The molecule has 0 saturated carbocycles. The maximum Gasteiger partial charge on any atom is 0.271 e. The van der Waals surface area contributed by atoms with Gasteiger partial charge in [-0.1, -0.05) is 0 Å². The van der Waals surface area contributed by atoms with Crippen LogP contribution in [0.3, 0.4) is 0 Å². The number of piperidine rings is 1. The Labute approximate surface area is 139 Å². The number of aromatic amines is 2. The molecule has 0 spiro atoms. The van der Waals surface area contributed by atoms with Gasteiger partial charge in [0.05, 0.1) is 19.6 Å². The number of rotatable bonds is 3. The van der Waals surface area contributed by atoms with Crippen molar-refractivity contribution in [3.05, 3.63) is 48.2 Å². The largest absolute Gasteiger partial charge is 0.497 e. The fourth-order valence-electron chi connectivity index (χ4n) is 3.52. The Morgan fingerprint density at radius 1 is 1.29 bits per heavy atom. The number of H-pyrrole nitrogens is 2. The molecule has 1 aromatic carbocycles. The summed E-state index contributed by atoms with van der Waals surface area (Å²) in [6, 6.07) is 6.10. The molecule has 1 saturated heterocycles. The third-order valence-electron chi connectivity index (χ3n) is 4.87. The molecule has 0 radical (unpaired) electrons. The summed E-state index contributed by atoms with van der Waals surface area (Å²) in [5, 5.41) is 1.22. The second-order valence-electron chi connectivity index (χ2n) is 6.19. The van der Waals surface area contributed by atoms with Crippen LogP contribution in [-0.2, 0) is 0 Å². The highest BCUT2D eigenvalue weighted by molar-refractivity contribution is 5.92. The van der Waals surface area contributed by atoms with Crippen LogP contribution in [0, 0.1) is 0 Å². The van der Waals surface area contributed by atoms with Crippen LogP contribution in [0.15, 0.2) is 36.9 Å². The average molecular weight is 324 g/mol. The molecule has 0 unspecified atom stereocenters. The number of likely N-dealkylation sites (tertiary alicyclic amines) is 1. The summed E-state index contributed by atoms with van der Waals surface area (Å²) < 4.78 is 5.35. The van der Waals surface area contributed by atoms with E-state index >= 15 is 0 Å². The molecule has 1 aliphatic heterocycles. The highest BCUT2D eigenvalue weighted by Gasteiger charge is 2.26. The van der Waals surface area contributed by atoms with Gasteiger partial charge in [0.1, 0.15) is 11.4 Å². The normalized spacial score (nSPS) is 15.8. The van der Waals surface area contributed by atoms with E-state index < -0.39 is 0 Å². The first-order valence-electron chi connectivity index (χ1n) is 8.19. The van der Waals surface area contributed by atoms with Crippen molar-refractivity contribution in [2.75, 3.05) is 20.2 Å². The van der Waals surface area contributed by atoms with E-state index in [2.05, 4.69) is 33.3 Å². The van der Waals surface area contributed by atoms with Gasteiger partial charge in [0.15, 0.2) is 0 Å². The summed E-state index contributed by atoms with van der Waals surface area (Å²) >= 11 is 0. The zero-order chi connectivity index (χ0) is 16.5. The van der Waals surface area contributed by atoms with Crippen molar-refractivity contribution in [3.63, 3.8) is 0 Å². The van der Waals surface area contributed by atoms with Gasteiger partial charge in [-0.2, -0.15) is 0 Å². The number of imidazole rings is 1. The fraction of sp³-hybridized carbons (Fsp3) is 0.333. The van der Waals surface area contributed by atoms with E-state index in [1.165, 1.54) is 10.9 Å². The van der Waals surface area contributed by atoms with Crippen LogP contribution in [-0.4, -0.2) is 46.0 Å². The van der Waals surface area contributed by atoms with Gasteiger partial charge in [-0.3, -0.25) is 4.79 Å². The third kappa shape index (κ3) is 2.54. The first-order chi connectivity index (χ1) is 11.8. The molecule has 6 nitrogen and oxygen atoms in total. The van der Waals surface area contributed by atoms with Gasteiger partial charge in [0.25, 0.3) is 5.91 Å². The molecule has 0 atom stereocenters. The second kappa shape index (κ2) is 6.03. The Hall–Kier alpha value is -2.76. The van der Waals surface area contributed by atoms with E-state index in [1.807, 2.05) is 11.0 Å². The molecule has 3 aromatic rings. The van der Waals surface area contributed by atoms with E-state index in [1.54, 1.807) is 19.6 Å². The minimum Gasteiger partial charge on any atom is -0.497 e. The Bertz CT molecular complexity index is 845. The van der Waals surface area contributed by atoms with Gasteiger partial charge in [0, 0.05) is 30.2 Å². The van der Waals surface area contributed by atoms with Crippen LogP contribution in [0.5, 0.6) is 5.75 Å². The summed E-state index contributed by atoms with van der Waals surface area (Å²) in [6.45, 7) is 1.53. The van der Waals surface area contributed by atoms with Crippen LogP contribution in [0.4, 0.5) is 0 Å². The van der Waals surface area contributed by atoms with Crippen molar-refractivity contribution in [3.8, 4) is 5.75 Å². The lowest BCUT2D eigenvalue weighted by Gasteiger charge is -2.31. The van der Waals surface area contributed by atoms with Crippen molar-refractivity contribution in [2.45, 2.75) is 18.8 Å². The SMILES string of the molecule is COc1ccc2[nH]cc(C3CCN(C(=O)c4cnc[nH]4)CC3)c2c1. The minimum absolute atomic E-state index is 0.0338. The Kier molecular flexibility index (Phi) is 3.72. The predicted octanol–water partition coefficient (Wildman–Crippen LogP) is 2.92. The number of methoxy groups -OCH3 is 1. The number of fused-ring (bicyclic) bond motifs is 1. The number of carbonyl (C=O) groups is 1. The number of amides is 1. The number of carbonyl (C=O) groups excluding carboxylic acids is 1. The van der Waals surface area contributed by atoms with Crippen LogP contribution in [0.25, 0.3) is 10.9 Å². The lowest BCUT2D eigenvalue weighted by molar-refractivity contribution is 0.0708. The van der Waals surface area contributed by atoms with Gasteiger partial charge in [-0.05, 0) is 42.5 Å². The van der Waals surface area contributed by atoms with Gasteiger partial charge < -0.3 is 19.6 Å². The van der Waals surface area contributed by atoms with Crippen molar-refractivity contribution >= 4 is 16.8 Å². The molecule has 1 aliphatic rings. The zero-order valence-corrected chi connectivity index (χ0v) is 13.6. The maximum absolute atomic E-state index is 12.4. The molecule has 0 aliphatic carbocycles. The number of hydrogen-bond acceptors (Lipinski definition) is 3. The standard InChI is InChI=1S/C18H20N4O2/c1-24-13-2-3-16-14(8-13)15(9-20-16)12-4-6-22(7-5-12)18(23)17-10-19-11-21-17/h2-3,8-12,20H,4-7H2,1H3,(H,19,21). The quantitative estimate of drug-likeness (QED) is 0.778. The summed E-state index contributed by atoms with van der Waals surface area (Å²) in [4.78, 5) is 24.4. The smallest absolute Gasteiger partial charge is 0.271 e. The summed E-state index contributed by atoms with van der Waals surface area (Å²) in [5.41, 5.74) is 3.00. The van der Waals surface area contributed by atoms with E-state index in [0.717, 1.165) is 37.2 Å². The minimum atomic E-state index is 0.0338. The van der Waals surface area contributed by atoms with E-state index in [4.69, 9.17) is 4.74 Å². The number of benzene rings is 1. The van der Waals surface area contributed by atoms with Crippen molar-refractivity contribution in [1.82, 2.24) is 19.9 Å². The molecular formula is C18H20N4O2. The molecule has 2 N–H and O–H groups in total. The fourth-order valence-corrected chi connectivity index (χ4v) is 3.52. The van der Waals surface area contributed by atoms with E-state index in [0.29, 0.717) is 11.6 Å². The number of hydrogen-bond donors (Lipinski definition) is 2. The summed E-state index contributed by atoms with van der Waals surface area (Å²) in [7, 11) is 1.69. The predicted molar refractivity (Wildman–Crippen MR) is 91.3 cm³/mol. The maximum atomic E-state index is 12.4. The van der Waals surface area contributed by atoms with Crippen molar-refractivity contribution in [2.24, 2.45) is 0 Å². The third-order valence-corrected chi connectivity index (χ3v) is 4.87.